The lowest BCUT2D eigenvalue weighted by molar-refractivity contribution is -0.223. The molecule has 4 fully saturated rings. The van der Waals surface area contributed by atoms with E-state index in [-0.39, 0.29) is 53.3 Å². The molecule has 4 saturated carbocycles. The van der Waals surface area contributed by atoms with Crippen molar-refractivity contribution in [2.45, 2.75) is 116 Å². The Morgan fingerprint density at radius 3 is 2.30 bits per heavy atom. The number of nitrogens with two attached hydrogens (primary N) is 2. The maximum absolute atomic E-state index is 12.7. The number of hydrogen-bond donors (Lipinski definition) is 7. The average Bonchev–Trinajstić information content (AvgIpc) is 3.25. The first kappa shape index (κ1) is 31.0. The summed E-state index contributed by atoms with van der Waals surface area (Å²) in [5, 5.41) is 45.2. The maximum Gasteiger partial charge on any atom is 0.326 e. The number of nitrogens with one attached hydrogen (secondary N) is 1. The fourth-order valence-corrected chi connectivity index (χ4v) is 9.80. The third kappa shape index (κ3) is 5.86. The first-order valence-electron chi connectivity index (χ1n) is 15.4. The number of carboxylic acid groups (broad SMARTS) is 1. The average molecular weight is 565 g/mol. The van der Waals surface area contributed by atoms with E-state index in [9.17, 15) is 30.0 Å². The summed E-state index contributed by atoms with van der Waals surface area (Å²) < 4.78 is 0. The number of carbonyl (C=O) groups excluding carboxylic acids is 1. The van der Waals surface area contributed by atoms with Gasteiger partial charge in [0.2, 0.25) is 5.91 Å². The Balaban J connectivity index is 1.37. The standard InChI is InChI=1S/C30H52N4O6/c1-16(6-9-23(36)34-22(27(39)40)5-4-14-33-28(31)32)18-7-8-19-24-20(11-13-29(18,19)2)30(3)12-10-17(35)15-21(30)25(37)26(24)38/h16-22,24-26,35,37-38H,4-15H2,1-3H3,(H,34,36)(H,39,40)(H4,31,32,33)/t16-,17-,18-,19+,20+,21+,22+,24+,25-,26-,29-,30-/m1/s1. The van der Waals surface area contributed by atoms with Crippen molar-refractivity contribution in [2.24, 2.45) is 62.8 Å². The van der Waals surface area contributed by atoms with Crippen LogP contribution in [0.4, 0.5) is 0 Å². The lowest BCUT2D eigenvalue weighted by Gasteiger charge is -2.63. The van der Waals surface area contributed by atoms with Crippen LogP contribution < -0.4 is 16.8 Å². The minimum atomic E-state index is -1.06. The zero-order chi connectivity index (χ0) is 29.4. The molecule has 0 aromatic heterocycles. The first-order chi connectivity index (χ1) is 18.8. The highest BCUT2D eigenvalue weighted by atomic mass is 16.4. The van der Waals surface area contributed by atoms with Gasteiger partial charge >= 0.3 is 5.97 Å². The van der Waals surface area contributed by atoms with Crippen LogP contribution in [0.3, 0.4) is 0 Å². The molecular weight excluding hydrogens is 512 g/mol. The summed E-state index contributed by atoms with van der Waals surface area (Å²) in [7, 11) is 0. The van der Waals surface area contributed by atoms with E-state index < -0.39 is 30.3 Å². The van der Waals surface area contributed by atoms with Gasteiger partial charge in [-0.25, -0.2) is 4.79 Å². The normalized spacial score (nSPS) is 42.0. The molecule has 9 N–H and O–H groups in total. The van der Waals surface area contributed by atoms with E-state index in [1.807, 2.05) is 0 Å². The fraction of sp³-hybridized carbons (Fsp3) is 0.900. The van der Waals surface area contributed by atoms with Crippen LogP contribution in [0.5, 0.6) is 0 Å². The number of aliphatic hydroxyl groups is 3. The molecule has 4 aliphatic carbocycles. The van der Waals surface area contributed by atoms with Gasteiger partial charge < -0.3 is 37.2 Å². The Morgan fingerprint density at radius 2 is 1.62 bits per heavy atom. The molecule has 40 heavy (non-hydrogen) atoms. The Morgan fingerprint density at radius 1 is 0.950 bits per heavy atom. The number of fused-ring (bicyclic) bond motifs is 5. The smallest absolute Gasteiger partial charge is 0.326 e. The van der Waals surface area contributed by atoms with E-state index in [0.717, 1.165) is 38.5 Å². The fourth-order valence-electron chi connectivity index (χ4n) is 9.80. The molecule has 0 aromatic rings. The molecule has 1 amide bonds. The Hall–Kier alpha value is -1.91. The monoisotopic (exact) mass is 564 g/mol. The zero-order valence-corrected chi connectivity index (χ0v) is 24.5. The van der Waals surface area contributed by atoms with Crippen molar-refractivity contribution in [1.29, 1.82) is 0 Å². The molecule has 228 valence electrons. The van der Waals surface area contributed by atoms with Gasteiger partial charge in [-0.1, -0.05) is 20.8 Å². The predicted octanol–water partition coefficient (Wildman–Crippen LogP) is 1.99. The number of carbonyl (C=O) groups is 2. The summed E-state index contributed by atoms with van der Waals surface area (Å²) in [6.07, 6.45) is 6.08. The van der Waals surface area contributed by atoms with Crippen LogP contribution >= 0.6 is 0 Å². The number of aliphatic carboxylic acids is 1. The van der Waals surface area contributed by atoms with E-state index in [1.165, 1.54) is 0 Å². The molecule has 10 heteroatoms. The van der Waals surface area contributed by atoms with Crippen molar-refractivity contribution < 1.29 is 30.0 Å². The Bertz CT molecular complexity index is 958. The molecule has 0 saturated heterocycles. The largest absolute Gasteiger partial charge is 0.480 e. The summed E-state index contributed by atoms with van der Waals surface area (Å²) in [5.41, 5.74) is 10.6. The van der Waals surface area contributed by atoms with Gasteiger partial charge in [-0.05, 0) is 111 Å². The first-order valence-corrected chi connectivity index (χ1v) is 15.4. The van der Waals surface area contributed by atoms with Gasteiger partial charge in [0.05, 0.1) is 18.3 Å². The number of rotatable bonds is 10. The van der Waals surface area contributed by atoms with Gasteiger partial charge in [-0.15, -0.1) is 0 Å². The van der Waals surface area contributed by atoms with Crippen LogP contribution in [-0.4, -0.2) is 69.2 Å². The SMILES string of the molecule is C[C@H](CCC(=O)N[C@@H](CCCN=C(N)N)C(=O)O)[C@H]1CC[C@H]2[C@@H]3[C@@H](O)[C@H](O)[C@@H]4C[C@H](O)CC[C@]4(C)[C@H]3CC[C@]12C. The van der Waals surface area contributed by atoms with E-state index in [2.05, 4.69) is 31.1 Å². The van der Waals surface area contributed by atoms with E-state index in [4.69, 9.17) is 11.5 Å². The van der Waals surface area contributed by atoms with Gasteiger partial charge in [0, 0.05) is 13.0 Å². The summed E-state index contributed by atoms with van der Waals surface area (Å²) in [6, 6.07) is -0.967. The molecule has 0 radical (unpaired) electrons. The molecule has 0 unspecified atom stereocenters. The van der Waals surface area contributed by atoms with E-state index >= 15 is 0 Å². The number of aliphatic imine (C=N–C) groups is 1. The number of aliphatic hydroxyl groups excluding tert-OH is 3. The highest BCUT2D eigenvalue weighted by molar-refractivity contribution is 5.83. The number of hydrogen-bond acceptors (Lipinski definition) is 6. The second kappa shape index (κ2) is 12.1. The molecular formula is C30H52N4O6. The molecule has 10 nitrogen and oxygen atoms in total. The van der Waals surface area contributed by atoms with E-state index in [0.29, 0.717) is 43.6 Å². The third-order valence-corrected chi connectivity index (χ3v) is 11.9. The highest BCUT2D eigenvalue weighted by Gasteiger charge is 2.65. The van der Waals surface area contributed by atoms with Crippen LogP contribution in [-0.2, 0) is 9.59 Å². The maximum atomic E-state index is 12.7. The Labute approximate surface area is 238 Å². The van der Waals surface area contributed by atoms with Crippen molar-refractivity contribution >= 4 is 17.8 Å². The van der Waals surface area contributed by atoms with Gasteiger partial charge in [-0.3, -0.25) is 9.79 Å². The summed E-state index contributed by atoms with van der Waals surface area (Å²) in [5.74, 6) is -0.00854. The van der Waals surface area contributed by atoms with Crippen LogP contribution in [0.1, 0.15) is 91.4 Å². The molecule has 0 spiro atoms. The van der Waals surface area contributed by atoms with Gasteiger partial charge in [-0.2, -0.15) is 0 Å². The molecule has 12 atom stereocenters. The molecule has 0 bridgehead atoms. The lowest BCUT2D eigenvalue weighted by Crippen LogP contribution is -2.64. The van der Waals surface area contributed by atoms with Gasteiger partial charge in [0.25, 0.3) is 0 Å². The number of carboxylic acids is 1. The minimum Gasteiger partial charge on any atom is -0.480 e. The highest BCUT2D eigenvalue weighted by Crippen LogP contribution is 2.68. The Kier molecular flexibility index (Phi) is 9.42. The molecule has 4 rings (SSSR count). The quantitative estimate of drug-likeness (QED) is 0.119. The molecule has 0 aromatic carbocycles. The summed E-state index contributed by atoms with van der Waals surface area (Å²) >= 11 is 0. The van der Waals surface area contributed by atoms with E-state index in [1.54, 1.807) is 0 Å². The lowest BCUT2D eigenvalue weighted by atomic mass is 9.43. The van der Waals surface area contributed by atoms with Crippen LogP contribution in [0.15, 0.2) is 4.99 Å². The number of nitrogens with zero attached hydrogens (tertiary/aromatic N) is 1. The van der Waals surface area contributed by atoms with Crippen LogP contribution in [0.2, 0.25) is 0 Å². The van der Waals surface area contributed by atoms with Gasteiger partial charge in [0.1, 0.15) is 6.04 Å². The van der Waals surface area contributed by atoms with Crippen molar-refractivity contribution in [3.8, 4) is 0 Å². The number of guanidine groups is 1. The van der Waals surface area contributed by atoms with Crippen molar-refractivity contribution in [1.82, 2.24) is 5.32 Å². The van der Waals surface area contributed by atoms with Crippen molar-refractivity contribution in [3.05, 3.63) is 0 Å². The van der Waals surface area contributed by atoms with Crippen LogP contribution in [0, 0.1) is 46.3 Å². The topological polar surface area (TPSA) is 191 Å². The molecule has 0 aliphatic heterocycles. The molecule has 4 aliphatic rings. The second-order valence-corrected chi connectivity index (χ2v) is 14.0. The third-order valence-electron chi connectivity index (χ3n) is 11.9. The van der Waals surface area contributed by atoms with Crippen molar-refractivity contribution in [3.63, 3.8) is 0 Å². The number of amides is 1. The van der Waals surface area contributed by atoms with Gasteiger partial charge in [0.15, 0.2) is 5.96 Å². The molecule has 0 heterocycles. The van der Waals surface area contributed by atoms with Crippen LogP contribution in [0.25, 0.3) is 0 Å². The predicted molar refractivity (Wildman–Crippen MR) is 152 cm³/mol. The zero-order valence-electron chi connectivity index (χ0n) is 24.5. The second-order valence-electron chi connectivity index (χ2n) is 14.0. The summed E-state index contributed by atoms with van der Waals surface area (Å²) in [4.78, 5) is 28.2. The van der Waals surface area contributed by atoms with Crippen molar-refractivity contribution in [2.75, 3.05) is 6.54 Å². The summed E-state index contributed by atoms with van der Waals surface area (Å²) in [6.45, 7) is 7.17. The minimum absolute atomic E-state index is 0.0318.